The van der Waals surface area contributed by atoms with E-state index in [1.165, 1.54) is 0 Å². The third kappa shape index (κ3) is 2.95. The fourth-order valence-corrected chi connectivity index (χ4v) is 2.71. The van der Waals surface area contributed by atoms with Gasteiger partial charge < -0.3 is 9.26 Å². The monoisotopic (exact) mass is 324 g/mol. The molecule has 0 radical (unpaired) electrons. The number of nitrogens with zero attached hydrogens (tertiary/aromatic N) is 6. The van der Waals surface area contributed by atoms with Gasteiger partial charge in [-0.3, -0.25) is 9.88 Å². The predicted octanol–water partition coefficient (Wildman–Crippen LogP) is 1.49. The quantitative estimate of drug-likeness (QED) is 0.713. The number of methoxy groups -OCH3 is 1. The lowest BCUT2D eigenvalue weighted by Crippen LogP contribution is -2.31. The molecule has 0 aliphatic carbocycles. The molecule has 8 nitrogen and oxygen atoms in total. The number of fused-ring (bicyclic) bond motifs is 1. The van der Waals surface area contributed by atoms with Crippen LogP contribution >= 0.6 is 0 Å². The molecule has 0 fully saturated rings. The van der Waals surface area contributed by atoms with Crippen LogP contribution in [-0.2, 0) is 19.5 Å². The number of rotatable bonds is 4. The average molecular weight is 324 g/mol. The van der Waals surface area contributed by atoms with Crippen molar-refractivity contribution in [3.05, 3.63) is 47.6 Å². The lowest BCUT2D eigenvalue weighted by Gasteiger charge is -2.26. The van der Waals surface area contributed by atoms with Crippen molar-refractivity contribution < 1.29 is 9.26 Å². The average Bonchev–Trinajstić information content (AvgIpc) is 3.10. The van der Waals surface area contributed by atoms with Gasteiger partial charge in [-0.1, -0.05) is 11.2 Å². The summed E-state index contributed by atoms with van der Waals surface area (Å²) in [5.74, 6) is 1.62. The van der Waals surface area contributed by atoms with E-state index in [9.17, 15) is 0 Å². The van der Waals surface area contributed by atoms with Crippen LogP contribution in [0, 0.1) is 0 Å². The highest BCUT2D eigenvalue weighted by molar-refractivity contribution is 5.47. The van der Waals surface area contributed by atoms with Gasteiger partial charge >= 0.3 is 0 Å². The molecule has 0 aromatic carbocycles. The molecular weight excluding hydrogens is 308 g/mol. The van der Waals surface area contributed by atoms with Gasteiger partial charge in [0.2, 0.25) is 17.6 Å². The molecule has 3 aromatic rings. The van der Waals surface area contributed by atoms with Gasteiger partial charge in [-0.05, 0) is 17.7 Å². The molecule has 4 rings (SSSR count). The third-order valence-electron chi connectivity index (χ3n) is 3.93. The second kappa shape index (κ2) is 6.32. The van der Waals surface area contributed by atoms with Crippen molar-refractivity contribution in [2.45, 2.75) is 19.5 Å². The van der Waals surface area contributed by atoms with Crippen LogP contribution in [0.25, 0.3) is 11.5 Å². The molecule has 0 bridgehead atoms. The van der Waals surface area contributed by atoms with E-state index in [2.05, 4.69) is 30.2 Å². The van der Waals surface area contributed by atoms with E-state index < -0.39 is 0 Å². The van der Waals surface area contributed by atoms with Crippen molar-refractivity contribution in [3.63, 3.8) is 0 Å². The van der Waals surface area contributed by atoms with Gasteiger partial charge in [-0.25, -0.2) is 0 Å². The van der Waals surface area contributed by atoms with Crippen LogP contribution in [0.4, 0.5) is 0 Å². The van der Waals surface area contributed by atoms with E-state index in [1.54, 1.807) is 13.3 Å². The van der Waals surface area contributed by atoms with Crippen LogP contribution in [-0.4, -0.2) is 43.9 Å². The molecule has 0 saturated carbocycles. The Kier molecular flexibility index (Phi) is 3.87. The first kappa shape index (κ1) is 14.7. The lowest BCUT2D eigenvalue weighted by atomic mass is 10.1. The zero-order valence-corrected chi connectivity index (χ0v) is 13.2. The number of pyridine rings is 1. The molecule has 0 saturated heterocycles. The maximum Gasteiger partial charge on any atom is 0.241 e. The second-order valence-electron chi connectivity index (χ2n) is 5.55. The molecule has 0 atom stereocenters. The lowest BCUT2D eigenvalue weighted by molar-refractivity contribution is 0.208. The van der Waals surface area contributed by atoms with Crippen molar-refractivity contribution in [3.8, 4) is 17.4 Å². The van der Waals surface area contributed by atoms with Crippen molar-refractivity contribution in [2.75, 3.05) is 13.7 Å². The Bertz CT molecular complexity index is 836. The SMILES string of the molecule is COc1cc2c(nn1)CCN(Cc1nc(-c3ccccn3)no1)C2. The summed E-state index contributed by atoms with van der Waals surface area (Å²) in [6.45, 7) is 2.21. The summed E-state index contributed by atoms with van der Waals surface area (Å²) < 4.78 is 10.5. The molecule has 4 heterocycles. The van der Waals surface area contributed by atoms with E-state index in [-0.39, 0.29) is 0 Å². The Morgan fingerprint density at radius 3 is 3.08 bits per heavy atom. The third-order valence-corrected chi connectivity index (χ3v) is 3.93. The number of ether oxygens (including phenoxy) is 1. The van der Waals surface area contributed by atoms with Crippen LogP contribution < -0.4 is 4.74 Å². The van der Waals surface area contributed by atoms with Gasteiger partial charge in [-0.2, -0.15) is 10.1 Å². The Labute approximate surface area is 138 Å². The van der Waals surface area contributed by atoms with Gasteiger partial charge in [0, 0.05) is 31.8 Å². The Hall–Kier alpha value is -2.87. The molecule has 8 heteroatoms. The molecule has 1 aliphatic rings. The summed E-state index contributed by atoms with van der Waals surface area (Å²) in [7, 11) is 1.59. The predicted molar refractivity (Wildman–Crippen MR) is 83.9 cm³/mol. The first-order valence-electron chi connectivity index (χ1n) is 7.67. The van der Waals surface area contributed by atoms with E-state index in [0.717, 1.165) is 30.8 Å². The standard InChI is InChI=1S/C16H16N6O2/c1-23-14-8-11-9-22(7-5-12(11)19-20-14)10-15-18-16(21-24-15)13-4-2-3-6-17-13/h2-4,6,8H,5,7,9-10H2,1H3. The van der Waals surface area contributed by atoms with Crippen LogP contribution in [0.3, 0.4) is 0 Å². The maximum atomic E-state index is 5.36. The van der Waals surface area contributed by atoms with Crippen molar-refractivity contribution in [1.29, 1.82) is 0 Å². The van der Waals surface area contributed by atoms with Crippen molar-refractivity contribution in [1.82, 2.24) is 30.2 Å². The van der Waals surface area contributed by atoms with Crippen LogP contribution in [0.15, 0.2) is 35.0 Å². The molecule has 0 unspecified atom stereocenters. The topological polar surface area (TPSA) is 90.1 Å². The zero-order chi connectivity index (χ0) is 16.4. The highest BCUT2D eigenvalue weighted by atomic mass is 16.5. The fourth-order valence-electron chi connectivity index (χ4n) is 2.71. The minimum atomic E-state index is 0.510. The van der Waals surface area contributed by atoms with Crippen LogP contribution in [0.5, 0.6) is 5.88 Å². The number of hydrogen-bond donors (Lipinski definition) is 0. The van der Waals surface area contributed by atoms with Crippen molar-refractivity contribution in [2.24, 2.45) is 0 Å². The van der Waals surface area contributed by atoms with E-state index >= 15 is 0 Å². The molecule has 0 N–H and O–H groups in total. The highest BCUT2D eigenvalue weighted by Gasteiger charge is 2.21. The Balaban J connectivity index is 1.47. The first-order chi connectivity index (χ1) is 11.8. The molecule has 0 amide bonds. The van der Waals surface area contributed by atoms with Crippen LogP contribution in [0.2, 0.25) is 0 Å². The molecular formula is C16H16N6O2. The van der Waals surface area contributed by atoms with Gasteiger partial charge in [0.05, 0.1) is 19.3 Å². The second-order valence-corrected chi connectivity index (χ2v) is 5.55. The van der Waals surface area contributed by atoms with Gasteiger partial charge in [0.15, 0.2) is 0 Å². The number of aromatic nitrogens is 5. The van der Waals surface area contributed by atoms with Gasteiger partial charge in [0.25, 0.3) is 0 Å². The summed E-state index contributed by atoms with van der Waals surface area (Å²) in [5.41, 5.74) is 2.85. The fraction of sp³-hybridized carbons (Fsp3) is 0.312. The summed E-state index contributed by atoms with van der Waals surface area (Å²) >= 11 is 0. The highest BCUT2D eigenvalue weighted by Crippen LogP contribution is 2.21. The van der Waals surface area contributed by atoms with Gasteiger partial charge in [0.1, 0.15) is 5.69 Å². The van der Waals surface area contributed by atoms with E-state index in [0.29, 0.717) is 29.8 Å². The summed E-state index contributed by atoms with van der Waals surface area (Å²) in [5, 5.41) is 12.2. The minimum absolute atomic E-state index is 0.510. The van der Waals surface area contributed by atoms with E-state index in [1.807, 2.05) is 24.3 Å². The number of hydrogen-bond acceptors (Lipinski definition) is 8. The minimum Gasteiger partial charge on any atom is -0.480 e. The normalized spacial score (nSPS) is 14.4. The Morgan fingerprint density at radius 1 is 1.29 bits per heavy atom. The van der Waals surface area contributed by atoms with Gasteiger partial charge in [-0.15, -0.1) is 5.10 Å². The largest absolute Gasteiger partial charge is 0.480 e. The molecule has 3 aromatic heterocycles. The first-order valence-corrected chi connectivity index (χ1v) is 7.67. The van der Waals surface area contributed by atoms with Crippen LogP contribution in [0.1, 0.15) is 17.1 Å². The zero-order valence-electron chi connectivity index (χ0n) is 13.2. The summed E-state index contributed by atoms with van der Waals surface area (Å²) in [4.78, 5) is 10.9. The molecule has 122 valence electrons. The molecule has 24 heavy (non-hydrogen) atoms. The van der Waals surface area contributed by atoms with Crippen molar-refractivity contribution >= 4 is 0 Å². The smallest absolute Gasteiger partial charge is 0.241 e. The Morgan fingerprint density at radius 2 is 2.25 bits per heavy atom. The summed E-state index contributed by atoms with van der Waals surface area (Å²) in [6.07, 6.45) is 2.55. The summed E-state index contributed by atoms with van der Waals surface area (Å²) in [6, 6.07) is 7.54. The maximum absolute atomic E-state index is 5.36. The molecule has 0 spiro atoms. The van der Waals surface area contributed by atoms with E-state index in [4.69, 9.17) is 9.26 Å². The molecule has 1 aliphatic heterocycles.